The molecule has 1 amide bonds. The molecule has 0 saturated heterocycles. The molecule has 0 bridgehead atoms. The summed E-state index contributed by atoms with van der Waals surface area (Å²) in [7, 11) is 1.83. The number of thiazole rings is 1. The summed E-state index contributed by atoms with van der Waals surface area (Å²) >= 11 is 7.40. The van der Waals surface area contributed by atoms with Crippen molar-refractivity contribution in [2.75, 3.05) is 0 Å². The summed E-state index contributed by atoms with van der Waals surface area (Å²) in [6.45, 7) is 4.05. The highest BCUT2D eigenvalue weighted by atomic mass is 35.5. The number of hydrogen-bond acceptors (Lipinski definition) is 4. The van der Waals surface area contributed by atoms with E-state index in [-0.39, 0.29) is 16.3 Å². The van der Waals surface area contributed by atoms with Crippen LogP contribution < -0.4 is 4.80 Å². The first-order valence-electron chi connectivity index (χ1n) is 7.37. The maximum atomic E-state index is 12.5. The van der Waals surface area contributed by atoms with Crippen LogP contribution in [-0.4, -0.2) is 15.4 Å². The average Bonchev–Trinajstić information content (AvgIpc) is 2.84. The molecule has 8 heteroatoms. The van der Waals surface area contributed by atoms with Gasteiger partial charge in [-0.15, -0.1) is 0 Å². The third-order valence-electron chi connectivity index (χ3n) is 4.01. The van der Waals surface area contributed by atoms with Gasteiger partial charge in [0.25, 0.3) is 11.6 Å². The molecule has 3 rings (SSSR count). The number of non-ortho nitro benzene ring substituents is 1. The number of carbonyl (C=O) groups excluding carboxylic acids is 1. The van der Waals surface area contributed by atoms with Crippen molar-refractivity contribution in [2.45, 2.75) is 13.8 Å². The Morgan fingerprint density at radius 2 is 1.92 bits per heavy atom. The standard InChI is InChI=1S/C17H14ClN3O3S/c1-9-6-14-15(7-10(9)2)25-17(20(14)3)19-16(22)12-8-11(21(23)24)4-5-13(12)18/h4-8H,1-3H3. The molecule has 0 aliphatic carbocycles. The smallest absolute Gasteiger partial charge is 0.281 e. The minimum atomic E-state index is -0.607. The van der Waals surface area contributed by atoms with Gasteiger partial charge in [0, 0.05) is 19.2 Å². The zero-order chi connectivity index (χ0) is 18.3. The first kappa shape index (κ1) is 17.3. The third kappa shape index (κ3) is 3.20. The normalized spacial score (nSPS) is 11.9. The zero-order valence-electron chi connectivity index (χ0n) is 13.7. The van der Waals surface area contributed by atoms with E-state index in [4.69, 9.17) is 11.6 Å². The van der Waals surface area contributed by atoms with Crippen LogP contribution in [0, 0.1) is 24.0 Å². The lowest BCUT2D eigenvalue weighted by Gasteiger charge is -2.01. The maximum absolute atomic E-state index is 12.5. The monoisotopic (exact) mass is 375 g/mol. The second kappa shape index (κ2) is 6.42. The number of nitrogens with zero attached hydrogens (tertiary/aromatic N) is 3. The van der Waals surface area contributed by atoms with Crippen molar-refractivity contribution < 1.29 is 9.72 Å². The van der Waals surface area contributed by atoms with Crippen LogP contribution in [-0.2, 0) is 7.05 Å². The fourth-order valence-corrected chi connectivity index (χ4v) is 3.72. The number of nitro groups is 1. The molecule has 0 spiro atoms. The van der Waals surface area contributed by atoms with E-state index in [1.54, 1.807) is 0 Å². The van der Waals surface area contributed by atoms with Gasteiger partial charge in [0.1, 0.15) is 0 Å². The number of nitro benzene ring substituents is 1. The van der Waals surface area contributed by atoms with Crippen molar-refractivity contribution in [3.8, 4) is 0 Å². The minimum Gasteiger partial charge on any atom is -0.319 e. The Hall–Kier alpha value is -2.51. The number of amides is 1. The fourth-order valence-electron chi connectivity index (χ4n) is 2.42. The summed E-state index contributed by atoms with van der Waals surface area (Å²) in [5.74, 6) is -0.607. The topological polar surface area (TPSA) is 77.5 Å². The Balaban J connectivity index is 2.14. The fraction of sp³-hybridized carbons (Fsp3) is 0.176. The van der Waals surface area contributed by atoms with Crippen molar-refractivity contribution in [2.24, 2.45) is 12.0 Å². The lowest BCUT2D eigenvalue weighted by Crippen LogP contribution is -2.13. The van der Waals surface area contributed by atoms with Gasteiger partial charge in [0.15, 0.2) is 4.80 Å². The van der Waals surface area contributed by atoms with E-state index in [0.717, 1.165) is 27.4 Å². The van der Waals surface area contributed by atoms with E-state index in [2.05, 4.69) is 11.1 Å². The van der Waals surface area contributed by atoms with Gasteiger partial charge in [-0.2, -0.15) is 4.99 Å². The molecule has 1 aromatic heterocycles. The van der Waals surface area contributed by atoms with Crippen molar-refractivity contribution in [3.05, 3.63) is 67.0 Å². The molecule has 0 saturated carbocycles. The number of carbonyl (C=O) groups is 1. The lowest BCUT2D eigenvalue weighted by molar-refractivity contribution is -0.384. The van der Waals surface area contributed by atoms with Gasteiger partial charge in [-0.1, -0.05) is 22.9 Å². The largest absolute Gasteiger partial charge is 0.319 e. The van der Waals surface area contributed by atoms with Crippen LogP contribution in [0.4, 0.5) is 5.69 Å². The molecule has 25 heavy (non-hydrogen) atoms. The summed E-state index contributed by atoms with van der Waals surface area (Å²) in [6.07, 6.45) is 0. The molecule has 0 fully saturated rings. The number of hydrogen-bond donors (Lipinski definition) is 0. The summed E-state index contributed by atoms with van der Waals surface area (Å²) in [5.41, 5.74) is 3.11. The maximum Gasteiger partial charge on any atom is 0.281 e. The highest BCUT2D eigenvalue weighted by Crippen LogP contribution is 2.24. The van der Waals surface area contributed by atoms with Gasteiger partial charge in [0.05, 0.1) is 25.7 Å². The first-order chi connectivity index (χ1) is 11.8. The second-order valence-electron chi connectivity index (χ2n) is 5.69. The molecule has 0 aliphatic rings. The van der Waals surface area contributed by atoms with Crippen LogP contribution in [0.25, 0.3) is 10.2 Å². The Morgan fingerprint density at radius 1 is 1.24 bits per heavy atom. The summed E-state index contributed by atoms with van der Waals surface area (Å²) < 4.78 is 2.84. The Bertz CT molecular complexity index is 1100. The van der Waals surface area contributed by atoms with Gasteiger partial charge in [-0.25, -0.2) is 0 Å². The van der Waals surface area contributed by atoms with Gasteiger partial charge in [0.2, 0.25) is 0 Å². The predicted molar refractivity (Wildman–Crippen MR) is 98.3 cm³/mol. The summed E-state index contributed by atoms with van der Waals surface area (Å²) in [6, 6.07) is 7.84. The number of aromatic nitrogens is 1. The minimum absolute atomic E-state index is 0.0145. The molecule has 0 N–H and O–H groups in total. The molecule has 1 heterocycles. The average molecular weight is 376 g/mol. The molecule has 6 nitrogen and oxygen atoms in total. The Labute approximate surface area is 152 Å². The van der Waals surface area contributed by atoms with E-state index < -0.39 is 10.8 Å². The molecule has 3 aromatic rings. The van der Waals surface area contributed by atoms with Crippen LogP contribution in [0.1, 0.15) is 21.5 Å². The molecular formula is C17H14ClN3O3S. The van der Waals surface area contributed by atoms with Crippen molar-refractivity contribution >= 4 is 44.7 Å². The van der Waals surface area contributed by atoms with Crippen LogP contribution in [0.15, 0.2) is 35.3 Å². The van der Waals surface area contributed by atoms with E-state index >= 15 is 0 Å². The molecule has 0 unspecified atom stereocenters. The third-order valence-corrected chi connectivity index (χ3v) is 5.44. The zero-order valence-corrected chi connectivity index (χ0v) is 15.3. The quantitative estimate of drug-likeness (QED) is 0.498. The Morgan fingerprint density at radius 3 is 2.60 bits per heavy atom. The van der Waals surface area contributed by atoms with E-state index in [9.17, 15) is 14.9 Å². The number of fused-ring (bicyclic) bond motifs is 1. The first-order valence-corrected chi connectivity index (χ1v) is 8.57. The van der Waals surface area contributed by atoms with E-state index in [1.165, 1.54) is 23.5 Å². The van der Waals surface area contributed by atoms with Gasteiger partial charge in [-0.3, -0.25) is 14.9 Å². The molecule has 0 atom stereocenters. The van der Waals surface area contributed by atoms with Gasteiger partial charge < -0.3 is 4.57 Å². The highest BCUT2D eigenvalue weighted by molar-refractivity contribution is 7.16. The number of halogens is 1. The molecule has 2 aromatic carbocycles. The van der Waals surface area contributed by atoms with Crippen LogP contribution >= 0.6 is 22.9 Å². The molecule has 0 aliphatic heterocycles. The number of aryl methyl sites for hydroxylation is 3. The van der Waals surface area contributed by atoms with Crippen LogP contribution in [0.2, 0.25) is 5.02 Å². The van der Waals surface area contributed by atoms with Gasteiger partial charge >= 0.3 is 0 Å². The van der Waals surface area contributed by atoms with Crippen LogP contribution in [0.5, 0.6) is 0 Å². The van der Waals surface area contributed by atoms with Gasteiger partial charge in [-0.05, 0) is 43.2 Å². The SMILES string of the molecule is Cc1cc2sc(=NC(=O)c3cc([N+](=O)[O-])ccc3Cl)n(C)c2cc1C. The van der Waals surface area contributed by atoms with E-state index in [0.29, 0.717) is 4.80 Å². The summed E-state index contributed by atoms with van der Waals surface area (Å²) in [4.78, 5) is 27.4. The number of rotatable bonds is 2. The number of benzene rings is 2. The van der Waals surface area contributed by atoms with Crippen molar-refractivity contribution in [1.29, 1.82) is 0 Å². The highest BCUT2D eigenvalue weighted by Gasteiger charge is 2.16. The lowest BCUT2D eigenvalue weighted by atomic mass is 10.1. The van der Waals surface area contributed by atoms with E-state index in [1.807, 2.05) is 31.5 Å². The predicted octanol–water partition coefficient (Wildman–Crippen LogP) is 4.16. The molecule has 0 radical (unpaired) electrons. The van der Waals surface area contributed by atoms with Crippen molar-refractivity contribution in [3.63, 3.8) is 0 Å². The summed E-state index contributed by atoms with van der Waals surface area (Å²) in [5, 5.41) is 11.0. The second-order valence-corrected chi connectivity index (χ2v) is 7.10. The Kier molecular flexibility index (Phi) is 4.45. The van der Waals surface area contributed by atoms with Crippen molar-refractivity contribution in [1.82, 2.24) is 4.57 Å². The molecule has 128 valence electrons. The molecular weight excluding hydrogens is 362 g/mol. The van der Waals surface area contributed by atoms with Crippen LogP contribution in [0.3, 0.4) is 0 Å².